The summed E-state index contributed by atoms with van der Waals surface area (Å²) in [6.45, 7) is 2.34. The third-order valence-electron chi connectivity index (χ3n) is 8.20. The van der Waals surface area contributed by atoms with Gasteiger partial charge < -0.3 is 0 Å². The molecule has 1 heteroatoms. The summed E-state index contributed by atoms with van der Waals surface area (Å²) < 4.78 is 0. The number of hydrogen-bond acceptors (Lipinski definition) is 1. The number of benzene rings is 1. The quantitative estimate of drug-likeness (QED) is 0.637. The van der Waals surface area contributed by atoms with Crippen LogP contribution in [0.15, 0.2) is 24.3 Å². The van der Waals surface area contributed by atoms with Crippen molar-refractivity contribution in [1.82, 2.24) is 0 Å². The molecule has 5 rings (SSSR count). The van der Waals surface area contributed by atoms with Crippen LogP contribution < -0.4 is 0 Å². The largest absolute Gasteiger partial charge is 0.298 e. The van der Waals surface area contributed by atoms with Gasteiger partial charge in [0.2, 0.25) is 0 Å². The molecule has 1 aromatic rings. The predicted molar refractivity (Wildman–Crippen MR) is 92.4 cm³/mol. The zero-order valence-corrected chi connectivity index (χ0v) is 14.3. The first-order chi connectivity index (χ1) is 11.1. The van der Waals surface area contributed by atoms with Crippen molar-refractivity contribution in [1.29, 1.82) is 0 Å². The van der Waals surface area contributed by atoms with Crippen LogP contribution in [0.1, 0.15) is 75.3 Å². The lowest BCUT2D eigenvalue weighted by Gasteiger charge is -2.48. The van der Waals surface area contributed by atoms with Crippen molar-refractivity contribution >= 4 is 5.78 Å². The molecule has 4 aliphatic carbocycles. The molecule has 0 bridgehead atoms. The molecule has 0 aromatic heterocycles. The number of fused-ring (bicyclic) bond motifs is 5. The number of Topliss-reactive ketones (excluding diaryl/α,β-unsaturated/α-hetero) is 1. The topological polar surface area (TPSA) is 17.1 Å². The molecule has 1 nitrogen and oxygen atoms in total. The minimum Gasteiger partial charge on any atom is -0.298 e. The summed E-state index contributed by atoms with van der Waals surface area (Å²) in [6.07, 6.45) is 11.1. The van der Waals surface area contributed by atoms with Crippen LogP contribution in [-0.4, -0.2) is 5.78 Å². The number of carbonyl (C=O) groups is 1. The summed E-state index contributed by atoms with van der Waals surface area (Å²) in [6, 6.07) is 9.11. The smallest absolute Gasteiger partial charge is 0.145 e. The van der Waals surface area contributed by atoms with Crippen LogP contribution in [0.5, 0.6) is 0 Å². The molecule has 4 atom stereocenters. The van der Waals surface area contributed by atoms with Gasteiger partial charge in [0, 0.05) is 10.8 Å². The number of carbonyl (C=O) groups excluding carboxylic acids is 1. The fourth-order valence-electron chi connectivity index (χ4n) is 7.10. The minimum absolute atomic E-state index is 0.00219. The second kappa shape index (κ2) is 4.71. The highest BCUT2D eigenvalue weighted by Gasteiger charge is 2.63. The van der Waals surface area contributed by atoms with E-state index in [2.05, 4.69) is 31.2 Å². The number of ketones is 1. The molecule has 1 aromatic carbocycles. The van der Waals surface area contributed by atoms with Crippen molar-refractivity contribution in [3.63, 3.8) is 0 Å². The molecule has 3 saturated carbocycles. The molecule has 0 radical (unpaired) electrons. The van der Waals surface area contributed by atoms with Crippen LogP contribution >= 0.6 is 0 Å². The van der Waals surface area contributed by atoms with Crippen LogP contribution in [-0.2, 0) is 11.2 Å². The lowest BCUT2D eigenvalue weighted by atomic mass is 9.55. The normalized spacial score (nSPS) is 40.7. The summed E-state index contributed by atoms with van der Waals surface area (Å²) in [7, 11) is 0. The maximum absolute atomic E-state index is 13.4. The van der Waals surface area contributed by atoms with Gasteiger partial charge in [0.1, 0.15) is 5.78 Å². The van der Waals surface area contributed by atoms with Gasteiger partial charge in [-0.1, -0.05) is 44.0 Å². The van der Waals surface area contributed by atoms with E-state index < -0.39 is 0 Å². The van der Waals surface area contributed by atoms with E-state index in [0.29, 0.717) is 11.7 Å². The van der Waals surface area contributed by atoms with Crippen molar-refractivity contribution in [2.24, 2.45) is 22.7 Å². The van der Waals surface area contributed by atoms with Gasteiger partial charge in [-0.15, -0.1) is 0 Å². The van der Waals surface area contributed by atoms with E-state index in [0.717, 1.165) is 18.3 Å². The monoisotopic (exact) mass is 308 g/mol. The predicted octanol–water partition coefficient (Wildman–Crippen LogP) is 5.28. The number of aryl methyl sites for hydroxylation is 1. The lowest BCUT2D eigenvalue weighted by Crippen LogP contribution is -2.43. The van der Waals surface area contributed by atoms with Crippen LogP contribution in [0.25, 0.3) is 0 Å². The Bertz CT molecular complexity index is 654. The first-order valence-electron chi connectivity index (χ1n) is 9.77. The summed E-state index contributed by atoms with van der Waals surface area (Å²) >= 11 is 0. The molecule has 0 saturated heterocycles. The molecule has 4 aliphatic rings. The molecular formula is C22H28O. The molecule has 2 unspecified atom stereocenters. The summed E-state index contributed by atoms with van der Waals surface area (Å²) in [4.78, 5) is 13.4. The maximum Gasteiger partial charge on any atom is 0.145 e. The number of hydrogen-bond donors (Lipinski definition) is 0. The fraction of sp³-hybridized carbons (Fsp3) is 0.682. The Morgan fingerprint density at radius 2 is 1.83 bits per heavy atom. The van der Waals surface area contributed by atoms with Gasteiger partial charge in [0.15, 0.2) is 0 Å². The average molecular weight is 308 g/mol. The lowest BCUT2D eigenvalue weighted by molar-refractivity contribution is -0.135. The van der Waals surface area contributed by atoms with E-state index in [9.17, 15) is 4.79 Å². The zero-order valence-electron chi connectivity index (χ0n) is 14.3. The molecule has 122 valence electrons. The van der Waals surface area contributed by atoms with Crippen LogP contribution in [0.3, 0.4) is 0 Å². The maximum atomic E-state index is 13.4. The molecule has 0 heterocycles. The van der Waals surface area contributed by atoms with Gasteiger partial charge in [-0.25, -0.2) is 0 Å². The summed E-state index contributed by atoms with van der Waals surface area (Å²) in [5, 5.41) is 0. The Balaban J connectivity index is 1.54. The van der Waals surface area contributed by atoms with Crippen LogP contribution in [0.2, 0.25) is 0 Å². The molecule has 0 N–H and O–H groups in total. The first kappa shape index (κ1) is 14.3. The van der Waals surface area contributed by atoms with Crippen molar-refractivity contribution in [2.45, 2.75) is 70.6 Å². The van der Waals surface area contributed by atoms with Crippen molar-refractivity contribution in [3.8, 4) is 0 Å². The van der Waals surface area contributed by atoms with E-state index in [-0.39, 0.29) is 10.8 Å². The van der Waals surface area contributed by atoms with Crippen molar-refractivity contribution in [2.75, 3.05) is 0 Å². The second-order valence-electron chi connectivity index (χ2n) is 9.09. The molecular weight excluding hydrogens is 280 g/mol. The highest BCUT2D eigenvalue weighted by molar-refractivity contribution is 5.93. The Morgan fingerprint density at radius 3 is 2.65 bits per heavy atom. The van der Waals surface area contributed by atoms with E-state index in [1.807, 2.05) is 0 Å². The molecule has 1 spiro atoms. The standard InChI is InChI=1S/C22H28O/c1-21-13-10-17-16-7-3-2-6-15(16)8-9-18(17)19(21)14-22(20(21)23)11-4-5-12-22/h2-3,6-7,17-19H,4-5,8-14H2,1H3/t17?,18?,19-,21-/m1/s1. The third-order valence-corrected chi connectivity index (χ3v) is 8.20. The molecule has 23 heavy (non-hydrogen) atoms. The molecule has 0 amide bonds. The van der Waals surface area contributed by atoms with E-state index in [1.165, 1.54) is 51.4 Å². The van der Waals surface area contributed by atoms with Gasteiger partial charge in [-0.05, 0) is 73.8 Å². The first-order valence-corrected chi connectivity index (χ1v) is 9.77. The Morgan fingerprint density at radius 1 is 1.04 bits per heavy atom. The average Bonchev–Trinajstić information content (AvgIpc) is 3.13. The molecule has 3 fully saturated rings. The second-order valence-corrected chi connectivity index (χ2v) is 9.09. The Kier molecular flexibility index (Phi) is 2.92. The zero-order chi connectivity index (χ0) is 15.7. The van der Waals surface area contributed by atoms with E-state index >= 15 is 0 Å². The summed E-state index contributed by atoms with van der Waals surface area (Å²) in [5.74, 6) is 2.81. The third kappa shape index (κ3) is 1.77. The van der Waals surface area contributed by atoms with E-state index in [4.69, 9.17) is 0 Å². The van der Waals surface area contributed by atoms with E-state index in [1.54, 1.807) is 11.1 Å². The van der Waals surface area contributed by atoms with Gasteiger partial charge in [-0.3, -0.25) is 4.79 Å². The van der Waals surface area contributed by atoms with Gasteiger partial charge in [0.05, 0.1) is 0 Å². The van der Waals surface area contributed by atoms with Crippen LogP contribution in [0.4, 0.5) is 0 Å². The minimum atomic E-state index is -0.00219. The van der Waals surface area contributed by atoms with Crippen molar-refractivity contribution in [3.05, 3.63) is 35.4 Å². The van der Waals surface area contributed by atoms with Crippen LogP contribution in [0, 0.1) is 22.7 Å². The molecule has 0 aliphatic heterocycles. The van der Waals surface area contributed by atoms with Gasteiger partial charge >= 0.3 is 0 Å². The SMILES string of the molecule is C[C@@]12CCC3c4ccccc4CCC3[C@H]1CC1(CCCC1)C2=O. The highest BCUT2D eigenvalue weighted by Crippen LogP contribution is 2.66. The fourth-order valence-corrected chi connectivity index (χ4v) is 7.10. The highest BCUT2D eigenvalue weighted by atomic mass is 16.1. The summed E-state index contributed by atoms with van der Waals surface area (Å²) in [5.41, 5.74) is 3.28. The van der Waals surface area contributed by atoms with Gasteiger partial charge in [-0.2, -0.15) is 0 Å². The van der Waals surface area contributed by atoms with Gasteiger partial charge in [0.25, 0.3) is 0 Å². The number of rotatable bonds is 0. The van der Waals surface area contributed by atoms with Crippen molar-refractivity contribution < 1.29 is 4.79 Å². The Hall–Kier alpha value is -1.11. The Labute approximate surface area is 139 Å².